The minimum Gasteiger partial charge on any atom is -0.303 e. The van der Waals surface area contributed by atoms with Crippen molar-refractivity contribution in [3.63, 3.8) is 0 Å². The Morgan fingerprint density at radius 3 is 2.55 bits per heavy atom. The zero-order chi connectivity index (χ0) is 6.53. The first-order chi connectivity index (χ1) is 4.43. The summed E-state index contributed by atoms with van der Waals surface area (Å²) in [6, 6.07) is 0. The van der Waals surface area contributed by atoms with Crippen LogP contribution < -0.4 is 5.32 Å². The SMILES string of the molecule is CCCCN1CCNC1.Cl.Cl. The Hall–Kier alpha value is 0.500. The van der Waals surface area contributed by atoms with E-state index in [9.17, 15) is 0 Å². The maximum absolute atomic E-state index is 3.31. The van der Waals surface area contributed by atoms with Crippen LogP contribution in [-0.2, 0) is 0 Å². The van der Waals surface area contributed by atoms with Crippen molar-refractivity contribution in [1.29, 1.82) is 0 Å². The smallest absolute Gasteiger partial charge is 0.0481 e. The standard InChI is InChI=1S/C7H16N2.2ClH/c1-2-3-5-9-6-4-8-7-9;;/h8H,2-7H2,1H3;2*1H. The molecule has 70 valence electrons. The van der Waals surface area contributed by atoms with E-state index in [1.165, 1.54) is 32.5 Å². The van der Waals surface area contributed by atoms with Crippen LogP contribution in [0.3, 0.4) is 0 Å². The number of halogens is 2. The normalized spacial score (nSPS) is 17.2. The summed E-state index contributed by atoms with van der Waals surface area (Å²) in [5.74, 6) is 0. The quantitative estimate of drug-likeness (QED) is 0.744. The molecular formula is C7H18Cl2N2. The van der Waals surface area contributed by atoms with E-state index in [0.717, 1.165) is 6.67 Å². The second kappa shape index (κ2) is 8.60. The Bertz CT molecular complexity index is 74.8. The minimum absolute atomic E-state index is 0. The highest BCUT2D eigenvalue weighted by molar-refractivity contribution is 5.85. The van der Waals surface area contributed by atoms with E-state index in [0.29, 0.717) is 0 Å². The van der Waals surface area contributed by atoms with Crippen molar-refractivity contribution in [3.8, 4) is 0 Å². The van der Waals surface area contributed by atoms with Gasteiger partial charge in [-0.05, 0) is 13.0 Å². The molecule has 1 aliphatic rings. The summed E-state index contributed by atoms with van der Waals surface area (Å²) in [7, 11) is 0. The molecule has 0 aromatic heterocycles. The van der Waals surface area contributed by atoms with Crippen molar-refractivity contribution in [2.45, 2.75) is 19.8 Å². The Morgan fingerprint density at radius 1 is 1.36 bits per heavy atom. The van der Waals surface area contributed by atoms with Gasteiger partial charge in [0.1, 0.15) is 0 Å². The zero-order valence-electron chi connectivity index (χ0n) is 7.01. The highest BCUT2D eigenvalue weighted by Crippen LogP contribution is 1.95. The maximum Gasteiger partial charge on any atom is 0.0481 e. The lowest BCUT2D eigenvalue weighted by Crippen LogP contribution is -2.22. The average molecular weight is 201 g/mol. The molecular weight excluding hydrogens is 183 g/mol. The summed E-state index contributed by atoms with van der Waals surface area (Å²) >= 11 is 0. The molecule has 0 radical (unpaired) electrons. The first-order valence-electron chi connectivity index (χ1n) is 3.86. The van der Waals surface area contributed by atoms with Gasteiger partial charge >= 0.3 is 0 Å². The summed E-state index contributed by atoms with van der Waals surface area (Å²) in [4.78, 5) is 2.46. The molecule has 2 nitrogen and oxygen atoms in total. The van der Waals surface area contributed by atoms with Gasteiger partial charge < -0.3 is 5.32 Å². The molecule has 4 heteroatoms. The molecule has 1 N–H and O–H groups in total. The second-order valence-corrected chi connectivity index (χ2v) is 2.63. The molecule has 0 bridgehead atoms. The van der Waals surface area contributed by atoms with Crippen LogP contribution >= 0.6 is 24.8 Å². The van der Waals surface area contributed by atoms with E-state index in [2.05, 4.69) is 17.1 Å². The topological polar surface area (TPSA) is 15.3 Å². The molecule has 0 saturated carbocycles. The van der Waals surface area contributed by atoms with Gasteiger partial charge in [0.15, 0.2) is 0 Å². The molecule has 1 fully saturated rings. The third kappa shape index (κ3) is 5.74. The molecule has 0 unspecified atom stereocenters. The van der Waals surface area contributed by atoms with Gasteiger partial charge in [-0.15, -0.1) is 24.8 Å². The van der Waals surface area contributed by atoms with Crippen LogP contribution in [-0.4, -0.2) is 31.2 Å². The van der Waals surface area contributed by atoms with E-state index in [4.69, 9.17) is 0 Å². The van der Waals surface area contributed by atoms with Crippen LogP contribution in [0.25, 0.3) is 0 Å². The Kier molecular flexibility index (Phi) is 11.0. The van der Waals surface area contributed by atoms with Crippen LogP contribution in [0, 0.1) is 0 Å². The lowest BCUT2D eigenvalue weighted by atomic mass is 10.3. The van der Waals surface area contributed by atoms with Crippen molar-refractivity contribution in [2.75, 3.05) is 26.3 Å². The first kappa shape index (κ1) is 14.0. The molecule has 1 rings (SSSR count). The summed E-state index contributed by atoms with van der Waals surface area (Å²) in [6.45, 7) is 7.07. The molecule has 1 heterocycles. The van der Waals surface area contributed by atoms with Crippen molar-refractivity contribution >= 4 is 24.8 Å². The van der Waals surface area contributed by atoms with Gasteiger partial charge in [-0.1, -0.05) is 13.3 Å². The molecule has 0 aromatic carbocycles. The summed E-state index contributed by atoms with van der Waals surface area (Å²) < 4.78 is 0. The average Bonchev–Trinajstić information content (AvgIpc) is 2.34. The van der Waals surface area contributed by atoms with Crippen molar-refractivity contribution < 1.29 is 0 Å². The minimum atomic E-state index is 0. The van der Waals surface area contributed by atoms with Crippen LogP contribution in [0.1, 0.15) is 19.8 Å². The predicted molar refractivity (Wildman–Crippen MR) is 53.8 cm³/mol. The highest BCUT2D eigenvalue weighted by Gasteiger charge is 2.07. The van der Waals surface area contributed by atoms with Gasteiger partial charge in [0.25, 0.3) is 0 Å². The van der Waals surface area contributed by atoms with Crippen molar-refractivity contribution in [3.05, 3.63) is 0 Å². The van der Waals surface area contributed by atoms with Crippen LogP contribution in [0.4, 0.5) is 0 Å². The van der Waals surface area contributed by atoms with E-state index >= 15 is 0 Å². The number of nitrogens with zero attached hydrogens (tertiary/aromatic N) is 1. The second-order valence-electron chi connectivity index (χ2n) is 2.63. The molecule has 0 atom stereocenters. The predicted octanol–water partition coefficient (Wildman–Crippen LogP) is 1.49. The number of nitrogens with one attached hydrogen (secondary N) is 1. The van der Waals surface area contributed by atoms with Gasteiger partial charge in [0.2, 0.25) is 0 Å². The lowest BCUT2D eigenvalue weighted by Gasteiger charge is -2.11. The van der Waals surface area contributed by atoms with Gasteiger partial charge in [-0.3, -0.25) is 4.90 Å². The maximum atomic E-state index is 3.31. The third-order valence-corrected chi connectivity index (χ3v) is 1.77. The molecule has 0 aromatic rings. The fraction of sp³-hybridized carbons (Fsp3) is 1.00. The number of hydrogen-bond acceptors (Lipinski definition) is 2. The summed E-state index contributed by atoms with van der Waals surface area (Å²) in [6.07, 6.45) is 2.66. The number of unbranched alkanes of at least 4 members (excludes halogenated alkanes) is 1. The molecule has 0 spiro atoms. The molecule has 1 aliphatic heterocycles. The van der Waals surface area contributed by atoms with E-state index in [-0.39, 0.29) is 24.8 Å². The van der Waals surface area contributed by atoms with Gasteiger partial charge in [-0.2, -0.15) is 0 Å². The van der Waals surface area contributed by atoms with Crippen LogP contribution in [0.5, 0.6) is 0 Å². The highest BCUT2D eigenvalue weighted by atomic mass is 35.5. The Labute approximate surface area is 81.5 Å². The fourth-order valence-corrected chi connectivity index (χ4v) is 1.13. The van der Waals surface area contributed by atoms with E-state index < -0.39 is 0 Å². The summed E-state index contributed by atoms with van der Waals surface area (Å²) in [5, 5.41) is 3.31. The largest absolute Gasteiger partial charge is 0.303 e. The fourth-order valence-electron chi connectivity index (χ4n) is 1.13. The van der Waals surface area contributed by atoms with Crippen molar-refractivity contribution in [1.82, 2.24) is 10.2 Å². The first-order valence-corrected chi connectivity index (χ1v) is 3.86. The zero-order valence-corrected chi connectivity index (χ0v) is 8.64. The van der Waals surface area contributed by atoms with Crippen LogP contribution in [0.2, 0.25) is 0 Å². The number of hydrogen-bond donors (Lipinski definition) is 1. The van der Waals surface area contributed by atoms with Crippen LogP contribution in [0.15, 0.2) is 0 Å². The van der Waals surface area contributed by atoms with Gasteiger partial charge in [0.05, 0.1) is 0 Å². The van der Waals surface area contributed by atoms with E-state index in [1.54, 1.807) is 0 Å². The van der Waals surface area contributed by atoms with Gasteiger partial charge in [0, 0.05) is 19.8 Å². The molecule has 0 aliphatic carbocycles. The monoisotopic (exact) mass is 200 g/mol. The van der Waals surface area contributed by atoms with Gasteiger partial charge in [-0.25, -0.2) is 0 Å². The molecule has 11 heavy (non-hydrogen) atoms. The Morgan fingerprint density at radius 2 is 2.09 bits per heavy atom. The molecule has 1 saturated heterocycles. The lowest BCUT2D eigenvalue weighted by molar-refractivity contribution is 0.329. The number of rotatable bonds is 3. The summed E-state index contributed by atoms with van der Waals surface area (Å²) in [5.41, 5.74) is 0. The Balaban J connectivity index is 0. The molecule has 0 amide bonds. The third-order valence-electron chi connectivity index (χ3n) is 1.77. The van der Waals surface area contributed by atoms with E-state index in [1.807, 2.05) is 0 Å². The van der Waals surface area contributed by atoms with Crippen molar-refractivity contribution in [2.24, 2.45) is 0 Å².